The van der Waals surface area contributed by atoms with Crippen molar-refractivity contribution in [3.05, 3.63) is 52.3 Å². The van der Waals surface area contributed by atoms with Crippen LogP contribution in [0.5, 0.6) is 23.0 Å². The van der Waals surface area contributed by atoms with E-state index in [1.165, 1.54) is 31.2 Å². The molecule has 0 amide bonds. The molecule has 13 nitrogen and oxygen atoms in total. The number of ether oxygens (including phenoxy) is 4. The van der Waals surface area contributed by atoms with Gasteiger partial charge in [0.05, 0.1) is 25.6 Å². The van der Waals surface area contributed by atoms with Crippen LogP contribution in [0.4, 0.5) is 0 Å². The fraction of sp³-hybridized carbons (Fsp3) is 0.406. The quantitative estimate of drug-likeness (QED) is 0.271. The molecular formula is C32H32O13. The number of methoxy groups -OCH3 is 2. The van der Waals surface area contributed by atoms with Gasteiger partial charge >= 0.3 is 11.9 Å². The Bertz CT molecular complexity index is 1740. The number of hydrogen-bond acceptors (Lipinski definition) is 13. The number of aliphatic hydroxyl groups is 4. The lowest BCUT2D eigenvalue weighted by Gasteiger charge is -2.47. The Kier molecular flexibility index (Phi) is 6.82. The smallest absolute Gasteiger partial charge is 0.358 e. The lowest BCUT2D eigenvalue weighted by atomic mass is 9.69. The zero-order valence-corrected chi connectivity index (χ0v) is 24.8. The highest BCUT2D eigenvalue weighted by molar-refractivity contribution is 6.13. The van der Waals surface area contributed by atoms with E-state index in [4.69, 9.17) is 18.9 Å². The number of allylic oxidation sites excluding steroid dienone is 1. The third kappa shape index (κ3) is 3.83. The molecule has 238 valence electrons. The van der Waals surface area contributed by atoms with Crippen LogP contribution >= 0.6 is 0 Å². The average Bonchev–Trinajstić information content (AvgIpc) is 3.01. The van der Waals surface area contributed by atoms with E-state index in [0.717, 1.165) is 14.2 Å². The third-order valence-corrected chi connectivity index (χ3v) is 9.37. The molecule has 2 heterocycles. The van der Waals surface area contributed by atoms with Crippen LogP contribution in [0, 0.1) is 11.8 Å². The first-order chi connectivity index (χ1) is 21.3. The molecule has 6 N–H and O–H groups in total. The molecule has 13 heteroatoms. The van der Waals surface area contributed by atoms with Gasteiger partial charge in [-0.3, -0.25) is 4.79 Å². The molecule has 0 aromatic heterocycles. The van der Waals surface area contributed by atoms with E-state index in [2.05, 4.69) is 0 Å². The summed E-state index contributed by atoms with van der Waals surface area (Å²) in [5.41, 5.74) is -5.36. The zero-order chi connectivity index (χ0) is 32.7. The van der Waals surface area contributed by atoms with Gasteiger partial charge in [-0.25, -0.2) is 9.59 Å². The van der Waals surface area contributed by atoms with Crippen molar-refractivity contribution in [1.82, 2.24) is 0 Å². The Morgan fingerprint density at radius 2 is 1.33 bits per heavy atom. The van der Waals surface area contributed by atoms with Crippen molar-refractivity contribution in [1.29, 1.82) is 0 Å². The van der Waals surface area contributed by atoms with E-state index < -0.39 is 70.0 Å². The summed E-state index contributed by atoms with van der Waals surface area (Å²) in [6.45, 7) is 3.14. The second-order valence-electron chi connectivity index (χ2n) is 11.9. The number of ketones is 1. The van der Waals surface area contributed by atoms with Gasteiger partial charge in [-0.15, -0.1) is 0 Å². The number of phenolic OH excluding ortho intramolecular Hbond substituents is 2. The topological polar surface area (TPSA) is 210 Å². The van der Waals surface area contributed by atoms with Crippen LogP contribution in [0.2, 0.25) is 0 Å². The number of aromatic hydroxyl groups is 2. The summed E-state index contributed by atoms with van der Waals surface area (Å²) in [6, 6.07) is 5.23. The second kappa shape index (κ2) is 10.1. The van der Waals surface area contributed by atoms with Crippen molar-refractivity contribution >= 4 is 23.5 Å². The van der Waals surface area contributed by atoms with Crippen molar-refractivity contribution in [3.63, 3.8) is 0 Å². The first-order valence-electron chi connectivity index (χ1n) is 14.3. The van der Waals surface area contributed by atoms with Crippen LogP contribution in [-0.4, -0.2) is 86.0 Å². The fourth-order valence-electron chi connectivity index (χ4n) is 7.08. The van der Waals surface area contributed by atoms with Gasteiger partial charge in [0.2, 0.25) is 0 Å². The van der Waals surface area contributed by atoms with E-state index in [0.29, 0.717) is 0 Å². The van der Waals surface area contributed by atoms with Gasteiger partial charge in [0.15, 0.2) is 5.78 Å². The van der Waals surface area contributed by atoms with Crippen molar-refractivity contribution in [2.45, 2.75) is 56.5 Å². The highest BCUT2D eigenvalue weighted by Crippen LogP contribution is 2.57. The molecule has 45 heavy (non-hydrogen) atoms. The lowest BCUT2D eigenvalue weighted by molar-refractivity contribution is -0.173. The van der Waals surface area contributed by atoms with Crippen LogP contribution in [0.1, 0.15) is 37.8 Å². The van der Waals surface area contributed by atoms with Gasteiger partial charge < -0.3 is 49.6 Å². The average molecular weight is 625 g/mol. The number of rotatable bonds is 3. The third-order valence-electron chi connectivity index (χ3n) is 9.37. The molecule has 0 radical (unpaired) electrons. The van der Waals surface area contributed by atoms with Gasteiger partial charge in [-0.05, 0) is 36.1 Å². The normalized spacial score (nSPS) is 30.2. The maximum absolute atomic E-state index is 13.4. The standard InChI is InChI=1S/C32H32O13/c1-12-9-20(35)17-11-16-18(33)7-5-14(25(16)44-31(17,27(12)38)29(40)42-3)15-6-8-19(34)22-24(37)23-21(36)10-13(2)28(39)32(23,30(41)43-4)45-26(15)22/h5-8,12-13,27-28,33-35,37-39H,9-11H2,1-4H3. The summed E-state index contributed by atoms with van der Waals surface area (Å²) >= 11 is 0. The molecule has 6 unspecified atom stereocenters. The Hall–Kier alpha value is -4.75. The Labute approximate surface area is 256 Å². The molecule has 0 spiro atoms. The van der Waals surface area contributed by atoms with Gasteiger partial charge in [0.1, 0.15) is 46.5 Å². The predicted octanol–water partition coefficient (Wildman–Crippen LogP) is 2.37. The molecule has 2 aliphatic heterocycles. The van der Waals surface area contributed by atoms with Gasteiger partial charge in [-0.1, -0.05) is 13.8 Å². The summed E-state index contributed by atoms with van der Waals surface area (Å²) in [4.78, 5) is 40.0. The predicted molar refractivity (Wildman–Crippen MR) is 153 cm³/mol. The minimum Gasteiger partial charge on any atom is -0.512 e. The minimum atomic E-state index is -2.51. The second-order valence-corrected chi connectivity index (χ2v) is 11.9. The summed E-state index contributed by atoms with van der Waals surface area (Å²) in [6.07, 6.45) is -3.56. The van der Waals surface area contributed by atoms with Crippen molar-refractivity contribution < 1.29 is 64.0 Å². The number of carbonyl (C=O) groups excluding carboxylic acids is 3. The maximum Gasteiger partial charge on any atom is 0.358 e. The molecule has 2 aliphatic carbocycles. The minimum absolute atomic E-state index is 0.0107. The van der Waals surface area contributed by atoms with Crippen molar-refractivity contribution in [3.8, 4) is 34.1 Å². The van der Waals surface area contributed by atoms with Gasteiger partial charge in [-0.2, -0.15) is 0 Å². The van der Waals surface area contributed by atoms with Gasteiger partial charge in [0, 0.05) is 41.5 Å². The van der Waals surface area contributed by atoms with Gasteiger partial charge in [0.25, 0.3) is 11.2 Å². The molecule has 6 rings (SSSR count). The molecule has 1 fully saturated rings. The summed E-state index contributed by atoms with van der Waals surface area (Å²) in [5, 5.41) is 66.9. The highest BCUT2D eigenvalue weighted by atomic mass is 16.6. The van der Waals surface area contributed by atoms with Crippen LogP contribution in [0.25, 0.3) is 16.9 Å². The number of benzene rings is 2. The van der Waals surface area contributed by atoms with Crippen LogP contribution in [0.15, 0.2) is 41.2 Å². The number of esters is 2. The molecule has 0 bridgehead atoms. The molecule has 6 atom stereocenters. The van der Waals surface area contributed by atoms with E-state index in [-0.39, 0.29) is 70.1 Å². The van der Waals surface area contributed by atoms with Crippen molar-refractivity contribution in [2.75, 3.05) is 14.2 Å². The van der Waals surface area contributed by atoms with Crippen LogP contribution < -0.4 is 9.47 Å². The molecule has 2 aromatic carbocycles. The molecule has 0 saturated heterocycles. The number of carbonyl (C=O) groups is 3. The number of fused-ring (bicyclic) bond motifs is 4. The largest absolute Gasteiger partial charge is 0.512 e. The lowest BCUT2D eigenvalue weighted by Crippen LogP contribution is -2.64. The fourth-order valence-corrected chi connectivity index (χ4v) is 7.08. The Balaban J connectivity index is 1.65. The summed E-state index contributed by atoms with van der Waals surface area (Å²) in [5.74, 6) is -6.58. The van der Waals surface area contributed by atoms with E-state index >= 15 is 0 Å². The monoisotopic (exact) mass is 624 g/mol. The molecule has 4 aliphatic rings. The number of aliphatic hydroxyl groups excluding tert-OH is 4. The van der Waals surface area contributed by atoms with Crippen LogP contribution in [-0.2, 0) is 30.3 Å². The van der Waals surface area contributed by atoms with E-state index in [1.54, 1.807) is 6.92 Å². The molecule has 2 aromatic rings. The summed E-state index contributed by atoms with van der Waals surface area (Å²) < 4.78 is 22.5. The first-order valence-corrected chi connectivity index (χ1v) is 14.3. The zero-order valence-electron chi connectivity index (χ0n) is 24.8. The highest BCUT2D eigenvalue weighted by Gasteiger charge is 2.64. The first kappa shape index (κ1) is 30.3. The molecule has 1 saturated carbocycles. The van der Waals surface area contributed by atoms with E-state index in [9.17, 15) is 45.0 Å². The van der Waals surface area contributed by atoms with E-state index in [1.807, 2.05) is 0 Å². The molecular weight excluding hydrogens is 592 g/mol. The van der Waals surface area contributed by atoms with Crippen molar-refractivity contribution in [2.24, 2.45) is 11.8 Å². The maximum atomic E-state index is 13.4. The van der Waals surface area contributed by atoms with Crippen LogP contribution in [0.3, 0.4) is 0 Å². The Morgan fingerprint density at radius 1 is 0.800 bits per heavy atom. The number of phenols is 2. The number of Topliss-reactive ketones (excluding diaryl/α,β-unsaturated/α-hetero) is 1. The number of hydrogen-bond donors (Lipinski definition) is 6. The summed E-state index contributed by atoms with van der Waals surface area (Å²) in [7, 11) is 2.12. The SMILES string of the molecule is COC(=O)C12Oc3c(-c4ccc(O)c5c4OC4(C(=O)OC)C(=C5O)C(=O)CC(C)C4O)ccc(O)c3CC1=C(O)CC(C)C2O. The Morgan fingerprint density at radius 3 is 1.98 bits per heavy atom.